The highest BCUT2D eigenvalue weighted by atomic mass is 16.4. The van der Waals surface area contributed by atoms with Crippen molar-refractivity contribution in [1.29, 1.82) is 0 Å². The Morgan fingerprint density at radius 3 is 2.56 bits per heavy atom. The van der Waals surface area contributed by atoms with Gasteiger partial charge in [-0.1, -0.05) is 18.2 Å². The molecule has 2 aromatic rings. The van der Waals surface area contributed by atoms with Crippen molar-refractivity contribution in [2.24, 2.45) is 0 Å². The lowest BCUT2D eigenvalue weighted by molar-refractivity contribution is 0.0697. The number of benzene rings is 3. The summed E-state index contributed by atoms with van der Waals surface area (Å²) < 4.78 is 5.84. The number of fused-ring (bicyclic) bond motifs is 2. The maximum Gasteiger partial charge on any atom is 0.336 e. The molecule has 5 nitrogen and oxygen atoms in total. The van der Waals surface area contributed by atoms with Crippen LogP contribution in [0.15, 0.2) is 69.9 Å². The van der Waals surface area contributed by atoms with Gasteiger partial charge in [0.2, 0.25) is 0 Å². The first kappa shape index (κ1) is 15.0. The number of nitrogens with two attached hydrogens (primary N) is 1. The molecule has 1 aliphatic heterocycles. The topological polar surface area (TPSA) is 93.5 Å². The quantitative estimate of drug-likeness (QED) is 0.430. The van der Waals surface area contributed by atoms with Gasteiger partial charge in [-0.3, -0.25) is 4.79 Å². The second-order valence-electron chi connectivity index (χ2n) is 5.74. The van der Waals surface area contributed by atoms with Gasteiger partial charge >= 0.3 is 5.97 Å². The smallest absolute Gasteiger partial charge is 0.336 e. The van der Waals surface area contributed by atoms with E-state index in [9.17, 15) is 14.7 Å². The number of carboxylic acids is 1. The van der Waals surface area contributed by atoms with Gasteiger partial charge in [0.15, 0.2) is 5.43 Å². The average molecular weight is 331 g/mol. The van der Waals surface area contributed by atoms with Crippen LogP contribution in [0.4, 0.5) is 5.69 Å². The zero-order valence-electron chi connectivity index (χ0n) is 13.0. The van der Waals surface area contributed by atoms with Crippen molar-refractivity contribution >= 4 is 22.6 Å². The minimum absolute atomic E-state index is 0.180. The fourth-order valence-electron chi connectivity index (χ4n) is 3.06. The molecule has 25 heavy (non-hydrogen) atoms. The van der Waals surface area contributed by atoms with Crippen molar-refractivity contribution in [3.63, 3.8) is 0 Å². The van der Waals surface area contributed by atoms with Crippen molar-refractivity contribution in [2.75, 3.05) is 5.73 Å². The summed E-state index contributed by atoms with van der Waals surface area (Å²) in [6.45, 7) is 0. The van der Waals surface area contributed by atoms with E-state index in [4.69, 9.17) is 10.2 Å². The summed E-state index contributed by atoms with van der Waals surface area (Å²) in [5.41, 5.74) is 8.79. The van der Waals surface area contributed by atoms with Crippen LogP contribution in [0.1, 0.15) is 10.4 Å². The lowest BCUT2D eigenvalue weighted by Gasteiger charge is -2.16. The Balaban J connectivity index is 2.22. The third-order valence-electron chi connectivity index (χ3n) is 4.14. The molecule has 4 rings (SSSR count). The number of rotatable bonds is 2. The Kier molecular flexibility index (Phi) is 3.28. The second-order valence-corrected chi connectivity index (χ2v) is 5.74. The Morgan fingerprint density at radius 1 is 0.960 bits per heavy atom. The van der Waals surface area contributed by atoms with Gasteiger partial charge in [0.25, 0.3) is 0 Å². The summed E-state index contributed by atoms with van der Waals surface area (Å²) >= 11 is 0. The van der Waals surface area contributed by atoms with Crippen LogP contribution in [0.25, 0.3) is 33.4 Å². The number of nitrogen functional groups attached to an aromatic ring is 1. The molecule has 0 aromatic heterocycles. The number of aromatic carboxylic acids is 1. The highest BCUT2D eigenvalue weighted by Gasteiger charge is 2.21. The van der Waals surface area contributed by atoms with Crippen molar-refractivity contribution in [3.05, 3.63) is 76.5 Å². The normalized spacial score (nSPS) is 11.0. The zero-order chi connectivity index (χ0) is 17.6. The molecule has 0 unspecified atom stereocenters. The Hall–Kier alpha value is -3.60. The molecule has 1 heterocycles. The maximum atomic E-state index is 11.7. The van der Waals surface area contributed by atoms with Crippen molar-refractivity contribution < 1.29 is 14.3 Å². The summed E-state index contributed by atoms with van der Waals surface area (Å²) in [7, 11) is 0. The van der Waals surface area contributed by atoms with Crippen molar-refractivity contribution in [3.8, 4) is 22.5 Å². The number of carbonyl (C=O) groups is 1. The number of hydrogen-bond acceptors (Lipinski definition) is 4. The molecule has 0 bridgehead atoms. The van der Waals surface area contributed by atoms with Crippen LogP contribution < -0.4 is 11.2 Å². The van der Waals surface area contributed by atoms with Gasteiger partial charge in [0.05, 0.1) is 5.56 Å². The summed E-state index contributed by atoms with van der Waals surface area (Å²) in [6, 6.07) is 16.5. The molecule has 3 N–H and O–H groups in total. The third kappa shape index (κ3) is 2.42. The summed E-state index contributed by atoms with van der Waals surface area (Å²) in [6.07, 6.45) is 0. The molecule has 0 fully saturated rings. The Morgan fingerprint density at radius 2 is 1.76 bits per heavy atom. The molecule has 2 aliphatic rings. The van der Waals surface area contributed by atoms with E-state index in [1.807, 2.05) is 0 Å². The minimum atomic E-state index is -1.02. The molecule has 0 saturated heterocycles. The molecule has 0 saturated carbocycles. The molecule has 0 radical (unpaired) electrons. The number of anilines is 1. The second kappa shape index (κ2) is 5.49. The SMILES string of the molecule is Nc1ccc2c(-c3ccccc3C(=O)O)c3ccc(=O)cc-3oc2c1. The van der Waals surface area contributed by atoms with Crippen LogP contribution in [-0.4, -0.2) is 11.1 Å². The Labute approximate surface area is 142 Å². The molecule has 5 heteroatoms. The first-order chi connectivity index (χ1) is 12.0. The minimum Gasteiger partial charge on any atom is -0.478 e. The van der Waals surface area contributed by atoms with E-state index in [0.717, 1.165) is 5.39 Å². The molecule has 0 atom stereocenters. The van der Waals surface area contributed by atoms with Crippen LogP contribution in [0.3, 0.4) is 0 Å². The summed E-state index contributed by atoms with van der Waals surface area (Å²) in [5, 5.41) is 10.3. The summed E-state index contributed by atoms with van der Waals surface area (Å²) in [5.74, 6) is -0.630. The van der Waals surface area contributed by atoms with Crippen LogP contribution in [-0.2, 0) is 0 Å². The van der Waals surface area contributed by atoms with E-state index < -0.39 is 5.97 Å². The van der Waals surface area contributed by atoms with Gasteiger partial charge < -0.3 is 15.3 Å². The zero-order valence-corrected chi connectivity index (χ0v) is 13.0. The first-order valence-corrected chi connectivity index (χ1v) is 7.63. The fourth-order valence-corrected chi connectivity index (χ4v) is 3.06. The van der Waals surface area contributed by atoms with E-state index in [1.54, 1.807) is 48.5 Å². The summed E-state index contributed by atoms with van der Waals surface area (Å²) in [4.78, 5) is 23.4. The van der Waals surface area contributed by atoms with Gasteiger partial charge in [0.1, 0.15) is 11.3 Å². The average Bonchev–Trinajstić information content (AvgIpc) is 2.59. The van der Waals surface area contributed by atoms with Gasteiger partial charge in [-0.15, -0.1) is 0 Å². The highest BCUT2D eigenvalue weighted by molar-refractivity contribution is 6.07. The van der Waals surface area contributed by atoms with Gasteiger partial charge in [-0.25, -0.2) is 4.79 Å². The largest absolute Gasteiger partial charge is 0.478 e. The number of carboxylic acid groups (broad SMARTS) is 1. The predicted molar refractivity (Wildman–Crippen MR) is 95.9 cm³/mol. The van der Waals surface area contributed by atoms with Gasteiger partial charge in [-0.05, 0) is 35.9 Å². The maximum absolute atomic E-state index is 11.7. The lowest BCUT2D eigenvalue weighted by Crippen LogP contribution is -2.03. The molecular formula is C20H13NO4. The van der Waals surface area contributed by atoms with E-state index in [1.165, 1.54) is 12.1 Å². The van der Waals surface area contributed by atoms with E-state index in [-0.39, 0.29) is 11.0 Å². The molecule has 122 valence electrons. The van der Waals surface area contributed by atoms with Crippen LogP contribution in [0, 0.1) is 0 Å². The first-order valence-electron chi connectivity index (χ1n) is 7.63. The monoisotopic (exact) mass is 331 g/mol. The molecule has 1 aliphatic carbocycles. The molecule has 2 aromatic carbocycles. The molecule has 0 spiro atoms. The van der Waals surface area contributed by atoms with E-state index >= 15 is 0 Å². The number of hydrogen-bond donors (Lipinski definition) is 2. The third-order valence-corrected chi connectivity index (χ3v) is 4.14. The molecule has 0 amide bonds. The van der Waals surface area contributed by atoms with Crippen LogP contribution in [0.5, 0.6) is 0 Å². The predicted octanol–water partition coefficient (Wildman–Crippen LogP) is 3.85. The Bertz CT molecular complexity index is 1160. The standard InChI is InChI=1S/C20H13NO4/c21-11-5-7-15-17(9-11)25-18-10-12(22)6-8-16(18)19(15)13-3-1-2-4-14(13)20(23)24/h1-10H,21H2,(H,23,24). The van der Waals surface area contributed by atoms with Crippen molar-refractivity contribution in [1.82, 2.24) is 0 Å². The van der Waals surface area contributed by atoms with Crippen LogP contribution in [0.2, 0.25) is 0 Å². The van der Waals surface area contributed by atoms with Gasteiger partial charge in [0, 0.05) is 34.3 Å². The lowest BCUT2D eigenvalue weighted by atomic mass is 9.91. The van der Waals surface area contributed by atoms with Gasteiger partial charge in [-0.2, -0.15) is 0 Å². The van der Waals surface area contributed by atoms with E-state index in [0.29, 0.717) is 33.7 Å². The highest BCUT2D eigenvalue weighted by Crippen LogP contribution is 2.41. The fraction of sp³-hybridized carbons (Fsp3) is 0. The van der Waals surface area contributed by atoms with Crippen LogP contribution >= 0.6 is 0 Å². The molecular weight excluding hydrogens is 318 g/mol. The van der Waals surface area contributed by atoms with Crippen molar-refractivity contribution in [2.45, 2.75) is 0 Å². The van der Waals surface area contributed by atoms with E-state index in [2.05, 4.69) is 0 Å².